The number of ketones is 2. The third-order valence-corrected chi connectivity index (χ3v) is 6.48. The molecule has 2 saturated heterocycles. The first-order chi connectivity index (χ1) is 12.5. The lowest BCUT2D eigenvalue weighted by atomic mass is 10.0. The van der Waals surface area contributed by atoms with Crippen LogP contribution in [-0.2, 0) is 9.59 Å². The molecule has 0 spiro atoms. The summed E-state index contributed by atoms with van der Waals surface area (Å²) >= 11 is 1.87. The van der Waals surface area contributed by atoms with Gasteiger partial charge in [-0.15, -0.1) is 0 Å². The summed E-state index contributed by atoms with van der Waals surface area (Å²) in [5.74, 6) is 0.316. The Kier molecular flexibility index (Phi) is 6.19. The Morgan fingerprint density at radius 2 is 1.92 bits per heavy atom. The van der Waals surface area contributed by atoms with Crippen LogP contribution in [0.25, 0.3) is 0 Å². The Morgan fingerprint density at radius 3 is 2.69 bits per heavy atom. The van der Waals surface area contributed by atoms with Crippen LogP contribution in [0.1, 0.15) is 25.7 Å². The van der Waals surface area contributed by atoms with Gasteiger partial charge in [0.25, 0.3) is 0 Å². The van der Waals surface area contributed by atoms with Crippen molar-refractivity contribution in [2.24, 2.45) is 0 Å². The number of fused-ring (bicyclic) bond motifs is 1. The van der Waals surface area contributed by atoms with E-state index in [0.29, 0.717) is 11.7 Å². The molecule has 0 aliphatic carbocycles. The van der Waals surface area contributed by atoms with Gasteiger partial charge in [0.2, 0.25) is 5.78 Å². The first-order valence-corrected chi connectivity index (χ1v) is 10.1. The highest BCUT2D eigenvalue weighted by Gasteiger charge is 2.42. The molecular formula is C19H25N3O3S. The average Bonchev–Trinajstić information content (AvgIpc) is 3.18. The summed E-state index contributed by atoms with van der Waals surface area (Å²) in [5.41, 5.74) is 0.925. The molecule has 3 rings (SSSR count). The lowest BCUT2D eigenvalue weighted by Gasteiger charge is -2.18. The van der Waals surface area contributed by atoms with Crippen LogP contribution in [-0.4, -0.2) is 54.3 Å². The van der Waals surface area contributed by atoms with Gasteiger partial charge in [-0.2, -0.15) is 11.8 Å². The number of para-hydroxylation sites is 1. The van der Waals surface area contributed by atoms with Gasteiger partial charge in [0.1, 0.15) is 0 Å². The molecule has 6 nitrogen and oxygen atoms in total. The van der Waals surface area contributed by atoms with Gasteiger partial charge in [-0.25, -0.2) is 4.79 Å². The number of amides is 2. The molecule has 2 N–H and O–H groups in total. The molecule has 140 valence electrons. The largest absolute Gasteiger partial charge is 0.367 e. The number of urea groups is 1. The molecule has 7 heteroatoms. The number of hydrogen-bond donors (Lipinski definition) is 2. The maximum absolute atomic E-state index is 12.1. The van der Waals surface area contributed by atoms with Crippen LogP contribution in [0, 0.1) is 0 Å². The van der Waals surface area contributed by atoms with Gasteiger partial charge in [0.15, 0.2) is 5.78 Å². The van der Waals surface area contributed by atoms with Gasteiger partial charge in [0.05, 0.1) is 18.6 Å². The molecule has 2 amide bonds. The molecule has 0 unspecified atom stereocenters. The number of thioether (sulfide) groups is 1. The van der Waals surface area contributed by atoms with Crippen LogP contribution in [0.2, 0.25) is 0 Å². The van der Waals surface area contributed by atoms with Crippen LogP contribution < -0.4 is 15.5 Å². The first kappa shape index (κ1) is 18.8. The second-order valence-corrected chi connectivity index (χ2v) is 8.18. The smallest absolute Gasteiger partial charge is 0.315 e. The number of carbonyl (C=O) groups excluding carboxylic acids is 3. The maximum atomic E-state index is 12.1. The quantitative estimate of drug-likeness (QED) is 0.392. The zero-order valence-corrected chi connectivity index (χ0v) is 15.8. The predicted octanol–water partition coefficient (Wildman–Crippen LogP) is 1.99. The summed E-state index contributed by atoms with van der Waals surface area (Å²) < 4.78 is 0. The lowest BCUT2D eigenvalue weighted by Crippen LogP contribution is -2.36. The molecule has 1 aromatic rings. The van der Waals surface area contributed by atoms with Gasteiger partial charge >= 0.3 is 6.03 Å². The van der Waals surface area contributed by atoms with Crippen molar-refractivity contribution in [1.82, 2.24) is 10.6 Å². The molecular weight excluding hydrogens is 350 g/mol. The lowest BCUT2D eigenvalue weighted by molar-refractivity contribution is -0.135. The standard InChI is InChI=1S/C19H25N3O3S/c1-22(13-7-3-2-4-8-13)11-16(24)15(23)9-5-6-10-17-18-14(12-26-17)20-19(25)21-18/h2-4,7-8,14,17-18H,5-6,9-12H2,1H3,(H2,20,21,25)/t14-,17-,18-/m0/s1. The van der Waals surface area contributed by atoms with Crippen molar-refractivity contribution < 1.29 is 14.4 Å². The fourth-order valence-electron chi connectivity index (χ4n) is 3.49. The first-order valence-electron chi connectivity index (χ1n) is 9.05. The SMILES string of the molecule is CN(CC(=O)C(=O)CCCC[C@@H]1SC[C@@H]2NC(=O)N[C@@H]21)c1ccccc1. The van der Waals surface area contributed by atoms with Crippen LogP contribution in [0.4, 0.5) is 10.5 Å². The van der Waals surface area contributed by atoms with E-state index in [-0.39, 0.29) is 36.2 Å². The predicted molar refractivity (Wildman–Crippen MR) is 104 cm³/mol. The minimum Gasteiger partial charge on any atom is -0.367 e. The Labute approximate surface area is 158 Å². The van der Waals surface area contributed by atoms with E-state index in [9.17, 15) is 14.4 Å². The number of unbranched alkanes of at least 4 members (excludes halogenated alkanes) is 1. The Hall–Kier alpha value is -2.02. The van der Waals surface area contributed by atoms with Crippen molar-refractivity contribution >= 4 is 35.0 Å². The van der Waals surface area contributed by atoms with Gasteiger partial charge in [0, 0.05) is 30.2 Å². The Balaban J connectivity index is 1.35. The topological polar surface area (TPSA) is 78.5 Å². The van der Waals surface area contributed by atoms with E-state index in [4.69, 9.17) is 0 Å². The molecule has 1 aromatic carbocycles. The van der Waals surface area contributed by atoms with Gasteiger partial charge in [-0.3, -0.25) is 9.59 Å². The number of carbonyl (C=O) groups is 3. The van der Waals surface area contributed by atoms with Crippen molar-refractivity contribution in [3.8, 4) is 0 Å². The summed E-state index contributed by atoms with van der Waals surface area (Å²) in [7, 11) is 1.82. The molecule has 0 bridgehead atoms. The van der Waals surface area contributed by atoms with Gasteiger partial charge in [-0.05, 0) is 25.0 Å². The molecule has 0 radical (unpaired) electrons. The number of nitrogens with one attached hydrogen (secondary N) is 2. The Bertz CT molecular complexity index is 667. The van der Waals surface area contributed by atoms with Crippen molar-refractivity contribution in [3.63, 3.8) is 0 Å². The molecule has 2 heterocycles. The monoisotopic (exact) mass is 375 g/mol. The summed E-state index contributed by atoms with van der Waals surface area (Å²) in [6, 6.07) is 9.93. The molecule has 2 fully saturated rings. The minimum absolute atomic E-state index is 0.0754. The number of likely N-dealkylation sites (N-methyl/N-ethyl adjacent to an activating group) is 1. The zero-order chi connectivity index (χ0) is 18.5. The number of benzene rings is 1. The van der Waals surface area contributed by atoms with Crippen LogP contribution in [0.15, 0.2) is 30.3 Å². The van der Waals surface area contributed by atoms with Crippen molar-refractivity contribution in [2.45, 2.75) is 43.0 Å². The number of rotatable bonds is 9. The van der Waals surface area contributed by atoms with Crippen molar-refractivity contribution in [3.05, 3.63) is 30.3 Å². The van der Waals surface area contributed by atoms with Crippen LogP contribution in [0.3, 0.4) is 0 Å². The van der Waals surface area contributed by atoms with Gasteiger partial charge < -0.3 is 15.5 Å². The second-order valence-electron chi connectivity index (χ2n) is 6.91. The Morgan fingerprint density at radius 1 is 1.15 bits per heavy atom. The zero-order valence-electron chi connectivity index (χ0n) is 14.9. The van der Waals surface area contributed by atoms with Crippen LogP contribution >= 0.6 is 11.8 Å². The molecule has 26 heavy (non-hydrogen) atoms. The van der Waals surface area contributed by atoms with E-state index in [1.165, 1.54) is 0 Å². The fraction of sp³-hybridized carbons (Fsp3) is 0.526. The molecule has 0 aromatic heterocycles. The molecule has 3 atom stereocenters. The number of hydrogen-bond acceptors (Lipinski definition) is 5. The van der Waals surface area contributed by atoms with E-state index in [1.54, 1.807) is 4.90 Å². The van der Waals surface area contributed by atoms with Crippen molar-refractivity contribution in [1.29, 1.82) is 0 Å². The van der Waals surface area contributed by atoms with E-state index in [0.717, 1.165) is 30.7 Å². The summed E-state index contributed by atoms with van der Waals surface area (Å²) in [5, 5.41) is 6.30. The number of anilines is 1. The number of Topliss-reactive ketones (excluding diaryl/α,β-unsaturated/α-hetero) is 2. The van der Waals surface area contributed by atoms with Crippen molar-refractivity contribution in [2.75, 3.05) is 24.2 Å². The summed E-state index contributed by atoms with van der Waals surface area (Å²) in [6.07, 6.45) is 2.87. The molecule has 2 aliphatic rings. The third kappa shape index (κ3) is 4.58. The molecule has 0 saturated carbocycles. The summed E-state index contributed by atoms with van der Waals surface area (Å²) in [6.45, 7) is 0.114. The highest BCUT2D eigenvalue weighted by Crippen LogP contribution is 2.33. The van der Waals surface area contributed by atoms with E-state index in [1.807, 2.05) is 49.1 Å². The minimum atomic E-state index is -0.334. The fourth-order valence-corrected chi connectivity index (χ4v) is 5.03. The van der Waals surface area contributed by atoms with E-state index < -0.39 is 0 Å². The van der Waals surface area contributed by atoms with E-state index in [2.05, 4.69) is 10.6 Å². The second kappa shape index (κ2) is 8.58. The summed E-state index contributed by atoms with van der Waals surface area (Å²) in [4.78, 5) is 37.4. The number of nitrogens with zero attached hydrogens (tertiary/aromatic N) is 1. The van der Waals surface area contributed by atoms with Crippen LogP contribution in [0.5, 0.6) is 0 Å². The highest BCUT2D eigenvalue weighted by molar-refractivity contribution is 8.00. The maximum Gasteiger partial charge on any atom is 0.315 e. The third-order valence-electron chi connectivity index (χ3n) is 4.97. The van der Waals surface area contributed by atoms with E-state index >= 15 is 0 Å². The normalized spacial score (nSPS) is 23.9. The highest BCUT2D eigenvalue weighted by atomic mass is 32.2. The average molecular weight is 375 g/mol. The van der Waals surface area contributed by atoms with Gasteiger partial charge in [-0.1, -0.05) is 24.6 Å². The molecule has 2 aliphatic heterocycles.